The summed E-state index contributed by atoms with van der Waals surface area (Å²) in [6.45, 7) is 0. The summed E-state index contributed by atoms with van der Waals surface area (Å²) in [5, 5.41) is 3.06. The molecule has 0 bridgehead atoms. The first-order valence-corrected chi connectivity index (χ1v) is 9.13. The topological polar surface area (TPSA) is 47.9 Å². The van der Waals surface area contributed by atoms with Crippen LogP contribution in [0.1, 0.15) is 33.5 Å². The lowest BCUT2D eigenvalue weighted by atomic mass is 9.85. The molecule has 1 aliphatic rings. The molecule has 12 heteroatoms. The van der Waals surface area contributed by atoms with Gasteiger partial charge in [0, 0.05) is 27.6 Å². The summed E-state index contributed by atoms with van der Waals surface area (Å²) in [4.78, 5) is 16.6. The van der Waals surface area contributed by atoms with E-state index in [2.05, 4.69) is 9.89 Å². The first-order valence-electron chi connectivity index (χ1n) is 8.37. The number of carbonyl (C=O) groups excluding carboxylic acids is 1. The second kappa shape index (κ2) is 7.90. The smallest absolute Gasteiger partial charge is 0.435 e. The van der Waals surface area contributed by atoms with E-state index in [4.69, 9.17) is 28.0 Å². The Bertz CT molecular complexity index is 1050. The lowest BCUT2D eigenvalue weighted by molar-refractivity contribution is -0.275. The minimum Gasteiger partial charge on any atom is -0.465 e. The second-order valence-electron chi connectivity index (χ2n) is 6.51. The van der Waals surface area contributed by atoms with Crippen LogP contribution in [0.5, 0.6) is 0 Å². The van der Waals surface area contributed by atoms with E-state index in [1.165, 1.54) is 6.07 Å². The lowest BCUT2D eigenvalue weighted by Gasteiger charge is -2.29. The van der Waals surface area contributed by atoms with Crippen LogP contribution in [0.15, 0.2) is 41.6 Å². The predicted molar refractivity (Wildman–Crippen MR) is 99.2 cm³/mol. The van der Waals surface area contributed by atoms with Gasteiger partial charge in [-0.15, -0.1) is 0 Å². The molecule has 1 unspecified atom stereocenters. The van der Waals surface area contributed by atoms with Crippen molar-refractivity contribution in [3.05, 3.63) is 68.7 Å². The highest BCUT2D eigenvalue weighted by molar-refractivity contribution is 6.34. The van der Waals surface area contributed by atoms with Gasteiger partial charge < -0.3 is 9.57 Å². The minimum absolute atomic E-state index is 0.133. The molecule has 2 aromatic carbocycles. The van der Waals surface area contributed by atoms with Gasteiger partial charge in [0.25, 0.3) is 5.60 Å². The van der Waals surface area contributed by atoms with Crippen LogP contribution in [-0.2, 0) is 21.4 Å². The molecule has 0 aromatic heterocycles. The van der Waals surface area contributed by atoms with Crippen molar-refractivity contribution < 1.29 is 40.7 Å². The average Bonchev–Trinajstić information content (AvgIpc) is 3.12. The number of esters is 1. The van der Waals surface area contributed by atoms with Gasteiger partial charge in [0.1, 0.15) is 0 Å². The Morgan fingerprint density at radius 3 is 2.23 bits per heavy atom. The number of nitrogens with zero attached hydrogens (tertiary/aromatic N) is 1. The van der Waals surface area contributed by atoms with Crippen molar-refractivity contribution in [3.8, 4) is 0 Å². The SMILES string of the molecule is COC(=O)c1cccc(C2=NOC(c3cc(Cl)cc(Cl)c3)(C(F)(F)F)C2)c1C(F)(F)F. The molecule has 1 heterocycles. The summed E-state index contributed by atoms with van der Waals surface area (Å²) in [5.41, 5.74) is -7.41. The zero-order chi connectivity index (χ0) is 23.2. The Morgan fingerprint density at radius 1 is 1.10 bits per heavy atom. The van der Waals surface area contributed by atoms with E-state index >= 15 is 0 Å². The zero-order valence-electron chi connectivity index (χ0n) is 15.4. The quantitative estimate of drug-likeness (QED) is 0.374. The first kappa shape index (κ1) is 23.2. The Morgan fingerprint density at radius 2 is 1.71 bits per heavy atom. The van der Waals surface area contributed by atoms with Crippen molar-refractivity contribution in [2.45, 2.75) is 24.4 Å². The number of benzene rings is 2. The van der Waals surface area contributed by atoms with Crippen LogP contribution in [-0.4, -0.2) is 25.0 Å². The first-order chi connectivity index (χ1) is 14.3. The number of oxime groups is 1. The Labute approximate surface area is 181 Å². The number of carbonyl (C=O) groups is 1. The van der Waals surface area contributed by atoms with Crippen molar-refractivity contribution in [1.82, 2.24) is 0 Å². The number of rotatable bonds is 3. The standard InChI is InChI=1S/C19H11Cl2F6NO3/c1-30-16(29)13-4-2-3-12(15(13)18(22,23)24)14-8-17(31-28-14,19(25,26)27)9-5-10(20)7-11(21)6-9/h2-7H,8H2,1H3. The molecule has 0 N–H and O–H groups in total. The van der Waals surface area contributed by atoms with Gasteiger partial charge in [0.05, 0.1) is 23.9 Å². The third-order valence-corrected chi connectivity index (χ3v) is 5.02. The normalized spacial score (nSPS) is 19.1. The fraction of sp³-hybridized carbons (Fsp3) is 0.263. The summed E-state index contributed by atoms with van der Waals surface area (Å²) < 4.78 is 87.8. The maximum Gasteiger partial charge on any atom is 0.435 e. The third-order valence-electron chi connectivity index (χ3n) is 4.58. The Kier molecular flexibility index (Phi) is 5.92. The summed E-state index contributed by atoms with van der Waals surface area (Å²) in [6, 6.07) is 5.89. The molecule has 3 rings (SSSR count). The second-order valence-corrected chi connectivity index (χ2v) is 7.38. The molecule has 0 fully saturated rings. The zero-order valence-corrected chi connectivity index (χ0v) is 16.9. The number of alkyl halides is 6. The third kappa shape index (κ3) is 4.18. The van der Waals surface area contributed by atoms with Gasteiger partial charge in [0.15, 0.2) is 0 Å². The van der Waals surface area contributed by atoms with Crippen LogP contribution in [0.2, 0.25) is 10.0 Å². The van der Waals surface area contributed by atoms with E-state index in [9.17, 15) is 31.1 Å². The number of methoxy groups -OCH3 is 1. The number of ether oxygens (including phenoxy) is 1. The predicted octanol–water partition coefficient (Wildman–Crippen LogP) is 6.38. The van der Waals surface area contributed by atoms with Crippen LogP contribution in [0.3, 0.4) is 0 Å². The molecule has 0 saturated heterocycles. The van der Waals surface area contributed by atoms with Crippen LogP contribution < -0.4 is 0 Å². The van der Waals surface area contributed by atoms with Crippen molar-refractivity contribution in [2.75, 3.05) is 7.11 Å². The van der Waals surface area contributed by atoms with Crippen LogP contribution in [0.25, 0.3) is 0 Å². The number of hydrogen-bond acceptors (Lipinski definition) is 4. The van der Waals surface area contributed by atoms with Crippen molar-refractivity contribution >= 4 is 34.9 Å². The fourth-order valence-electron chi connectivity index (χ4n) is 3.21. The highest BCUT2D eigenvalue weighted by Gasteiger charge is 2.63. The summed E-state index contributed by atoms with van der Waals surface area (Å²) in [5.74, 6) is -1.31. The summed E-state index contributed by atoms with van der Waals surface area (Å²) in [6.07, 6.45) is -11.3. The van der Waals surface area contributed by atoms with Gasteiger partial charge in [-0.1, -0.05) is 40.5 Å². The van der Waals surface area contributed by atoms with E-state index in [-0.39, 0.29) is 10.0 Å². The molecule has 0 aliphatic carbocycles. The minimum atomic E-state index is -5.09. The van der Waals surface area contributed by atoms with Crippen LogP contribution in [0.4, 0.5) is 26.3 Å². The molecule has 4 nitrogen and oxygen atoms in total. The Balaban J connectivity index is 2.17. The van der Waals surface area contributed by atoms with Gasteiger partial charge in [0.2, 0.25) is 0 Å². The fourth-order valence-corrected chi connectivity index (χ4v) is 3.74. The lowest BCUT2D eigenvalue weighted by Crippen LogP contribution is -2.42. The highest BCUT2D eigenvalue weighted by Crippen LogP contribution is 2.50. The molecular formula is C19H11Cl2F6NO3. The summed E-state index contributed by atoms with van der Waals surface area (Å²) >= 11 is 11.6. The molecule has 166 valence electrons. The summed E-state index contributed by atoms with van der Waals surface area (Å²) in [7, 11) is 0.878. The van der Waals surface area contributed by atoms with Crippen LogP contribution >= 0.6 is 23.2 Å². The van der Waals surface area contributed by atoms with E-state index in [0.717, 1.165) is 37.4 Å². The maximum absolute atomic E-state index is 14.1. The van der Waals surface area contributed by atoms with Gasteiger partial charge >= 0.3 is 18.3 Å². The number of halogens is 8. The van der Waals surface area contributed by atoms with Crippen molar-refractivity contribution in [2.24, 2.45) is 5.16 Å². The molecule has 0 saturated carbocycles. The van der Waals surface area contributed by atoms with E-state index in [1.807, 2.05) is 0 Å². The van der Waals surface area contributed by atoms with Gasteiger partial charge in [-0.3, -0.25) is 0 Å². The maximum atomic E-state index is 14.1. The molecular weight excluding hydrogens is 475 g/mol. The molecule has 0 spiro atoms. The molecule has 1 atom stereocenters. The van der Waals surface area contributed by atoms with Crippen molar-refractivity contribution in [3.63, 3.8) is 0 Å². The highest BCUT2D eigenvalue weighted by atomic mass is 35.5. The van der Waals surface area contributed by atoms with E-state index in [1.54, 1.807) is 0 Å². The molecule has 0 radical (unpaired) electrons. The average molecular weight is 486 g/mol. The van der Waals surface area contributed by atoms with Gasteiger partial charge in [-0.05, 0) is 24.3 Å². The van der Waals surface area contributed by atoms with Gasteiger partial charge in [-0.2, -0.15) is 26.3 Å². The number of hydrogen-bond donors (Lipinski definition) is 0. The Hall–Kier alpha value is -2.46. The largest absolute Gasteiger partial charge is 0.465 e. The van der Waals surface area contributed by atoms with E-state index < -0.39 is 58.3 Å². The molecule has 1 aliphatic heterocycles. The molecule has 2 aromatic rings. The van der Waals surface area contributed by atoms with Gasteiger partial charge in [-0.25, -0.2) is 4.79 Å². The van der Waals surface area contributed by atoms with Crippen molar-refractivity contribution in [1.29, 1.82) is 0 Å². The van der Waals surface area contributed by atoms with E-state index in [0.29, 0.717) is 0 Å². The molecule has 31 heavy (non-hydrogen) atoms. The molecule has 0 amide bonds. The monoisotopic (exact) mass is 485 g/mol. The van der Waals surface area contributed by atoms with Crippen LogP contribution in [0, 0.1) is 0 Å².